The van der Waals surface area contributed by atoms with Crippen LogP contribution in [-0.2, 0) is 39.9 Å². The Bertz CT molecular complexity index is 949. The van der Waals surface area contributed by atoms with Gasteiger partial charge in [0, 0.05) is 45.4 Å². The van der Waals surface area contributed by atoms with Crippen LogP contribution in [0.3, 0.4) is 0 Å². The van der Waals surface area contributed by atoms with E-state index in [4.69, 9.17) is 13.3 Å². The Morgan fingerprint density at radius 1 is 0.914 bits per heavy atom. The highest BCUT2D eigenvalue weighted by atomic mass is 32.3. The van der Waals surface area contributed by atoms with Crippen molar-refractivity contribution in [3.63, 3.8) is 0 Å². The highest BCUT2D eigenvalue weighted by Gasteiger charge is 2.47. The number of nitrogens with zero attached hydrogens (tertiary/aromatic N) is 2. The molecule has 0 bridgehead atoms. The summed E-state index contributed by atoms with van der Waals surface area (Å²) in [4.78, 5) is 0. The summed E-state index contributed by atoms with van der Waals surface area (Å²) >= 11 is 0. The zero-order valence-electron chi connectivity index (χ0n) is 19.6. The van der Waals surface area contributed by atoms with E-state index < -0.39 is 39.9 Å². The molecule has 35 heavy (non-hydrogen) atoms. The lowest BCUT2D eigenvalue weighted by molar-refractivity contribution is -0.697. The summed E-state index contributed by atoms with van der Waals surface area (Å²) in [7, 11) is -10.8. The predicted molar refractivity (Wildman–Crippen MR) is 115 cm³/mol. The first-order valence-corrected chi connectivity index (χ1v) is 14.6. The van der Waals surface area contributed by atoms with Crippen molar-refractivity contribution in [2.75, 3.05) is 21.3 Å². The van der Waals surface area contributed by atoms with Gasteiger partial charge in [0.2, 0.25) is 0 Å². The Balaban J connectivity index is 0.000000691. The number of aromatic nitrogens is 1. The van der Waals surface area contributed by atoms with E-state index in [0.29, 0.717) is 5.92 Å². The van der Waals surface area contributed by atoms with Crippen LogP contribution in [0.5, 0.6) is 0 Å². The van der Waals surface area contributed by atoms with Crippen molar-refractivity contribution in [2.24, 2.45) is 0 Å². The van der Waals surface area contributed by atoms with Crippen molar-refractivity contribution in [1.29, 1.82) is 0 Å². The molecule has 0 amide bonds. The second-order valence-corrected chi connectivity index (χ2v) is 13.7. The third-order valence-corrected chi connectivity index (χ3v) is 9.98. The molecule has 0 aliphatic carbocycles. The fourth-order valence-electron chi connectivity index (χ4n) is 2.43. The summed E-state index contributed by atoms with van der Waals surface area (Å²) < 4.78 is 128. The van der Waals surface area contributed by atoms with E-state index in [0.717, 1.165) is 29.6 Å². The van der Waals surface area contributed by atoms with Gasteiger partial charge in [0.25, 0.3) is 0 Å². The zero-order chi connectivity index (χ0) is 27.7. The molecule has 0 aliphatic heterocycles. The Morgan fingerprint density at radius 3 is 1.74 bits per heavy atom. The van der Waals surface area contributed by atoms with Crippen LogP contribution in [0, 0.1) is 0 Å². The molecule has 0 radical (unpaired) electrons. The summed E-state index contributed by atoms with van der Waals surface area (Å²) in [5.41, 5.74) is -11.0. The van der Waals surface area contributed by atoms with E-state index in [1.807, 2.05) is 0 Å². The minimum atomic E-state index is -6.72. The summed E-state index contributed by atoms with van der Waals surface area (Å²) in [6, 6.07) is 5.16. The van der Waals surface area contributed by atoms with E-state index in [9.17, 15) is 43.2 Å². The van der Waals surface area contributed by atoms with Crippen LogP contribution in [0.1, 0.15) is 38.2 Å². The number of hydrogen-bond donors (Lipinski definition) is 0. The third-order valence-electron chi connectivity index (χ3n) is 4.41. The quantitative estimate of drug-likeness (QED) is 0.170. The van der Waals surface area contributed by atoms with E-state index >= 15 is 0 Å². The average molecular weight is 579 g/mol. The molecule has 9 nitrogen and oxygen atoms in total. The van der Waals surface area contributed by atoms with Crippen molar-refractivity contribution >= 4 is 28.9 Å². The summed E-state index contributed by atoms with van der Waals surface area (Å²) in [5.74, 6) is 0.568. The number of pyridine rings is 1. The maximum Gasteiger partial charge on any atom is 0.500 e. The highest BCUT2D eigenvalue weighted by Crippen LogP contribution is 2.36. The first-order chi connectivity index (χ1) is 15.8. The molecule has 1 rings (SSSR count). The van der Waals surface area contributed by atoms with Gasteiger partial charge in [-0.25, -0.2) is 21.4 Å². The van der Waals surface area contributed by atoms with Crippen LogP contribution in [0.4, 0.5) is 26.3 Å². The molecule has 0 aromatic carbocycles. The third kappa shape index (κ3) is 10.7. The smallest absolute Gasteiger partial charge is 0.421 e. The Hall–Kier alpha value is -1.31. The SMILES string of the molecule is CO[Si](CCCC[n+]1cccc(C(C)C)c1)(OC)OC.O=S(=O)([N-]S(=O)(=O)C(F)(F)F)C(F)(F)F. The molecule has 0 unspecified atom stereocenters. The van der Waals surface area contributed by atoms with Crippen molar-refractivity contribution in [3.05, 3.63) is 34.2 Å². The van der Waals surface area contributed by atoms with Crippen molar-refractivity contribution in [2.45, 2.75) is 56.2 Å². The van der Waals surface area contributed by atoms with Gasteiger partial charge in [-0.15, -0.1) is 0 Å². The molecule has 0 atom stereocenters. The number of unbranched alkanes of at least 4 members (excludes halogenated alkanes) is 1. The van der Waals surface area contributed by atoms with Gasteiger partial charge < -0.3 is 17.4 Å². The number of rotatable bonds is 11. The standard InChI is InChI=1S/C15H28NO3Si.C2F6NO4S2/c1-14(2)15-9-8-11-16(13-15)10-6-7-12-20(17-3,18-4)19-5;3-1(4,5)14(10,11)9-15(12,13)2(6,7)8/h8-9,11,13-14H,6-7,10,12H2,1-5H3;/q+1;-1. The second-order valence-electron chi connectivity index (χ2n) is 7.20. The average Bonchev–Trinajstić information content (AvgIpc) is 2.73. The monoisotopic (exact) mass is 578 g/mol. The maximum atomic E-state index is 11.4. The van der Waals surface area contributed by atoms with E-state index in [2.05, 4.69) is 42.9 Å². The van der Waals surface area contributed by atoms with Crippen molar-refractivity contribution in [1.82, 2.24) is 0 Å². The largest absolute Gasteiger partial charge is 0.500 e. The Kier molecular flexibility index (Phi) is 12.8. The molecule has 0 aliphatic rings. The Labute approximate surface area is 201 Å². The van der Waals surface area contributed by atoms with Gasteiger partial charge in [0.15, 0.2) is 32.4 Å². The highest BCUT2D eigenvalue weighted by molar-refractivity contribution is 8.13. The van der Waals surface area contributed by atoms with Crippen LogP contribution in [0.15, 0.2) is 24.5 Å². The lowest BCUT2D eigenvalue weighted by Gasteiger charge is -2.23. The fourth-order valence-corrected chi connectivity index (χ4v) is 5.93. The lowest BCUT2D eigenvalue weighted by Crippen LogP contribution is -2.42. The normalized spacial score (nSPS) is 13.5. The van der Waals surface area contributed by atoms with Crippen LogP contribution in [0.25, 0.3) is 4.13 Å². The van der Waals surface area contributed by atoms with Crippen LogP contribution in [-0.4, -0.2) is 58.0 Å². The summed E-state index contributed by atoms with van der Waals surface area (Å²) in [5, 5.41) is 0. The zero-order valence-corrected chi connectivity index (χ0v) is 22.2. The lowest BCUT2D eigenvalue weighted by atomic mass is 10.1. The van der Waals surface area contributed by atoms with E-state index in [-0.39, 0.29) is 0 Å². The molecule has 1 heterocycles. The molecule has 0 saturated heterocycles. The number of alkyl halides is 6. The minimum Gasteiger partial charge on any atom is -0.421 e. The summed E-state index contributed by atoms with van der Waals surface area (Å²) in [6.07, 6.45) is 6.50. The molecule has 206 valence electrons. The van der Waals surface area contributed by atoms with Crippen LogP contribution >= 0.6 is 0 Å². The van der Waals surface area contributed by atoms with Crippen LogP contribution in [0.2, 0.25) is 6.04 Å². The fraction of sp³-hybridized carbons (Fsp3) is 0.706. The van der Waals surface area contributed by atoms with Gasteiger partial charge in [-0.05, 0) is 18.4 Å². The molecule has 0 spiro atoms. The molecule has 0 saturated carbocycles. The first kappa shape index (κ1) is 33.7. The molecule has 1 aromatic rings. The minimum absolute atomic E-state index is 0.568. The van der Waals surface area contributed by atoms with E-state index in [1.165, 1.54) is 5.56 Å². The van der Waals surface area contributed by atoms with Crippen LogP contribution < -0.4 is 4.57 Å². The van der Waals surface area contributed by atoms with Crippen molar-refractivity contribution in [3.8, 4) is 0 Å². The van der Waals surface area contributed by atoms with Gasteiger partial charge in [0.05, 0.1) is 0 Å². The molecular weight excluding hydrogens is 550 g/mol. The second kappa shape index (κ2) is 13.3. The van der Waals surface area contributed by atoms with Gasteiger partial charge in [-0.2, -0.15) is 26.3 Å². The topological polar surface area (TPSA) is 114 Å². The van der Waals surface area contributed by atoms with Gasteiger partial charge >= 0.3 is 19.8 Å². The maximum absolute atomic E-state index is 11.4. The number of sulfonamides is 2. The molecule has 18 heteroatoms. The van der Waals surface area contributed by atoms with Gasteiger partial charge in [0.1, 0.15) is 6.54 Å². The molecule has 1 aromatic heterocycles. The first-order valence-electron chi connectivity index (χ1n) is 9.78. The predicted octanol–water partition coefficient (Wildman–Crippen LogP) is 3.82. The van der Waals surface area contributed by atoms with Gasteiger partial charge in [-0.3, -0.25) is 0 Å². The Morgan fingerprint density at radius 2 is 1.37 bits per heavy atom. The van der Waals surface area contributed by atoms with E-state index in [1.54, 1.807) is 21.3 Å². The molecule has 0 fully saturated rings. The molecular formula is C17H28F6N2O7S2Si. The number of aryl methyl sites for hydroxylation is 1. The summed E-state index contributed by atoms with van der Waals surface area (Å²) in [6.45, 7) is 5.45. The number of hydrogen-bond acceptors (Lipinski definition) is 7. The van der Waals surface area contributed by atoms with Gasteiger partial charge in [-0.1, -0.05) is 13.8 Å². The number of halogens is 6. The van der Waals surface area contributed by atoms with Crippen molar-refractivity contribution < 1.29 is 61.0 Å². The molecule has 0 N–H and O–H groups in total.